The van der Waals surface area contributed by atoms with E-state index in [1.807, 2.05) is 17.9 Å². The van der Waals surface area contributed by atoms with Crippen molar-refractivity contribution in [3.8, 4) is 0 Å². The van der Waals surface area contributed by atoms with Gasteiger partial charge < -0.3 is 4.90 Å². The lowest BCUT2D eigenvalue weighted by molar-refractivity contribution is 0.104. The topological polar surface area (TPSA) is 59.1 Å². The van der Waals surface area contributed by atoms with Gasteiger partial charge in [-0.2, -0.15) is 5.10 Å². The maximum atomic E-state index is 5.83. The average molecular weight is 251 g/mol. The third-order valence-corrected chi connectivity index (χ3v) is 4.41. The molecule has 1 aliphatic carbocycles. The van der Waals surface area contributed by atoms with E-state index < -0.39 is 0 Å². The number of nitrogens with two attached hydrogens (primary N) is 1. The summed E-state index contributed by atoms with van der Waals surface area (Å²) in [6.45, 7) is 0. The molecule has 1 heterocycles. The zero-order valence-corrected chi connectivity index (χ0v) is 11.7. The molecule has 1 aromatic rings. The molecule has 18 heavy (non-hydrogen) atoms. The lowest BCUT2D eigenvalue weighted by atomic mass is 9.84. The van der Waals surface area contributed by atoms with Crippen LogP contribution < -0.4 is 11.3 Å². The molecule has 0 amide bonds. The molecular formula is C13H25N5. The Bertz CT molecular complexity index is 378. The Balaban J connectivity index is 2.16. The second-order valence-corrected chi connectivity index (χ2v) is 5.65. The molecule has 0 spiro atoms. The van der Waals surface area contributed by atoms with E-state index in [0.717, 1.165) is 6.42 Å². The molecule has 102 valence electrons. The number of hydrogen-bond donors (Lipinski definition) is 2. The van der Waals surface area contributed by atoms with Crippen LogP contribution in [0.15, 0.2) is 12.4 Å². The second kappa shape index (κ2) is 5.38. The van der Waals surface area contributed by atoms with Gasteiger partial charge in [-0.05, 0) is 38.9 Å². The Labute approximate surface area is 109 Å². The minimum Gasteiger partial charge on any atom is -0.302 e. The van der Waals surface area contributed by atoms with Crippen LogP contribution in [0.3, 0.4) is 0 Å². The summed E-state index contributed by atoms with van der Waals surface area (Å²) < 4.78 is 1.85. The molecule has 3 N–H and O–H groups in total. The SMILES string of the molecule is CN(C)C1(C(Cc2cnn(C)c2)NN)CCCC1. The molecule has 0 aromatic carbocycles. The normalized spacial score (nSPS) is 20.5. The van der Waals surface area contributed by atoms with E-state index in [4.69, 9.17) is 5.84 Å². The summed E-state index contributed by atoms with van der Waals surface area (Å²) >= 11 is 0. The molecular weight excluding hydrogens is 226 g/mol. The van der Waals surface area contributed by atoms with Crippen LogP contribution in [0, 0.1) is 0 Å². The van der Waals surface area contributed by atoms with E-state index in [1.165, 1.54) is 31.2 Å². The van der Waals surface area contributed by atoms with Crippen LogP contribution in [0.5, 0.6) is 0 Å². The van der Waals surface area contributed by atoms with E-state index in [0.29, 0.717) is 0 Å². The fourth-order valence-electron chi connectivity index (χ4n) is 3.31. The number of aryl methyl sites for hydroxylation is 1. The standard InChI is InChI=1S/C13H25N5/c1-17(2)13(6-4-5-7-13)12(16-14)8-11-9-15-18(3)10-11/h9-10,12,16H,4-8,14H2,1-3H3. The van der Waals surface area contributed by atoms with Crippen LogP contribution in [-0.4, -0.2) is 40.4 Å². The summed E-state index contributed by atoms with van der Waals surface area (Å²) in [6.07, 6.45) is 9.96. The van der Waals surface area contributed by atoms with E-state index in [2.05, 4.69) is 35.7 Å². The van der Waals surface area contributed by atoms with E-state index in [1.54, 1.807) is 0 Å². The Hall–Kier alpha value is -0.910. The van der Waals surface area contributed by atoms with Gasteiger partial charge in [0.1, 0.15) is 0 Å². The molecule has 5 heteroatoms. The van der Waals surface area contributed by atoms with Gasteiger partial charge in [0.05, 0.1) is 6.20 Å². The summed E-state index contributed by atoms with van der Waals surface area (Å²) in [4.78, 5) is 2.35. The van der Waals surface area contributed by atoms with Crippen LogP contribution in [-0.2, 0) is 13.5 Å². The van der Waals surface area contributed by atoms with Crippen LogP contribution in [0.1, 0.15) is 31.2 Å². The maximum Gasteiger partial charge on any atom is 0.0522 e. The fourth-order valence-corrected chi connectivity index (χ4v) is 3.31. The zero-order valence-electron chi connectivity index (χ0n) is 11.7. The van der Waals surface area contributed by atoms with E-state index in [9.17, 15) is 0 Å². The fraction of sp³-hybridized carbons (Fsp3) is 0.769. The number of hydrogen-bond acceptors (Lipinski definition) is 4. The summed E-state index contributed by atoms with van der Waals surface area (Å²) in [5.74, 6) is 5.83. The number of nitrogens with zero attached hydrogens (tertiary/aromatic N) is 3. The minimum absolute atomic E-state index is 0.185. The predicted octanol–water partition coefficient (Wildman–Crippen LogP) is 0.669. The quantitative estimate of drug-likeness (QED) is 0.596. The largest absolute Gasteiger partial charge is 0.302 e. The van der Waals surface area contributed by atoms with Gasteiger partial charge in [0.2, 0.25) is 0 Å². The molecule has 0 saturated heterocycles. The highest BCUT2D eigenvalue weighted by Crippen LogP contribution is 2.37. The molecule has 1 unspecified atom stereocenters. The van der Waals surface area contributed by atoms with Crippen molar-refractivity contribution in [1.82, 2.24) is 20.1 Å². The predicted molar refractivity (Wildman–Crippen MR) is 72.9 cm³/mol. The molecule has 0 radical (unpaired) electrons. The third kappa shape index (κ3) is 2.43. The first-order valence-electron chi connectivity index (χ1n) is 6.69. The van der Waals surface area contributed by atoms with Gasteiger partial charge in [0.15, 0.2) is 0 Å². The summed E-state index contributed by atoms with van der Waals surface area (Å²) in [7, 11) is 6.28. The van der Waals surface area contributed by atoms with Gasteiger partial charge in [-0.1, -0.05) is 12.8 Å². The zero-order chi connectivity index (χ0) is 13.2. The van der Waals surface area contributed by atoms with Crippen molar-refractivity contribution in [2.75, 3.05) is 14.1 Å². The highest BCUT2D eigenvalue weighted by Gasteiger charge is 2.42. The van der Waals surface area contributed by atoms with Crippen molar-refractivity contribution < 1.29 is 0 Å². The van der Waals surface area contributed by atoms with Crippen molar-refractivity contribution in [2.24, 2.45) is 12.9 Å². The number of nitrogens with one attached hydrogen (secondary N) is 1. The van der Waals surface area contributed by atoms with E-state index >= 15 is 0 Å². The first-order valence-corrected chi connectivity index (χ1v) is 6.69. The average Bonchev–Trinajstić information content (AvgIpc) is 2.95. The molecule has 0 aliphatic heterocycles. The Morgan fingerprint density at radius 3 is 2.61 bits per heavy atom. The monoisotopic (exact) mass is 251 g/mol. The molecule has 0 bridgehead atoms. The van der Waals surface area contributed by atoms with Crippen molar-refractivity contribution >= 4 is 0 Å². The van der Waals surface area contributed by atoms with Gasteiger partial charge in [0, 0.05) is 24.8 Å². The van der Waals surface area contributed by atoms with Crippen LogP contribution in [0.25, 0.3) is 0 Å². The summed E-state index contributed by atoms with van der Waals surface area (Å²) in [5.41, 5.74) is 4.47. The lowest BCUT2D eigenvalue weighted by Gasteiger charge is -2.43. The van der Waals surface area contributed by atoms with Crippen LogP contribution in [0.4, 0.5) is 0 Å². The Morgan fingerprint density at radius 1 is 1.50 bits per heavy atom. The molecule has 5 nitrogen and oxygen atoms in total. The van der Waals surface area contributed by atoms with Gasteiger partial charge in [-0.25, -0.2) is 0 Å². The number of rotatable bonds is 5. The maximum absolute atomic E-state index is 5.83. The molecule has 1 fully saturated rings. The van der Waals surface area contributed by atoms with Gasteiger partial charge >= 0.3 is 0 Å². The van der Waals surface area contributed by atoms with Crippen molar-refractivity contribution in [2.45, 2.75) is 43.7 Å². The first-order chi connectivity index (χ1) is 8.58. The smallest absolute Gasteiger partial charge is 0.0522 e. The van der Waals surface area contributed by atoms with Crippen LogP contribution in [0.2, 0.25) is 0 Å². The summed E-state index contributed by atoms with van der Waals surface area (Å²) in [5, 5.41) is 4.23. The Morgan fingerprint density at radius 2 is 2.17 bits per heavy atom. The second-order valence-electron chi connectivity index (χ2n) is 5.65. The van der Waals surface area contributed by atoms with E-state index in [-0.39, 0.29) is 11.6 Å². The molecule has 2 rings (SSSR count). The molecule has 1 saturated carbocycles. The van der Waals surface area contributed by atoms with Gasteiger partial charge in [-0.15, -0.1) is 0 Å². The molecule has 1 atom stereocenters. The Kier molecular flexibility index (Phi) is 4.04. The summed E-state index contributed by atoms with van der Waals surface area (Å²) in [6, 6.07) is 0.277. The first kappa shape index (κ1) is 13.5. The van der Waals surface area contributed by atoms with Gasteiger partial charge in [0.25, 0.3) is 0 Å². The minimum atomic E-state index is 0.185. The van der Waals surface area contributed by atoms with Crippen molar-refractivity contribution in [3.63, 3.8) is 0 Å². The molecule has 1 aromatic heterocycles. The highest BCUT2D eigenvalue weighted by molar-refractivity contribution is 5.11. The number of hydrazine groups is 1. The van der Waals surface area contributed by atoms with Crippen molar-refractivity contribution in [1.29, 1.82) is 0 Å². The van der Waals surface area contributed by atoms with Crippen LogP contribution >= 0.6 is 0 Å². The number of aromatic nitrogens is 2. The highest BCUT2D eigenvalue weighted by atomic mass is 15.3. The third-order valence-electron chi connectivity index (χ3n) is 4.41. The van der Waals surface area contributed by atoms with Crippen molar-refractivity contribution in [3.05, 3.63) is 18.0 Å². The number of likely N-dealkylation sites (N-methyl/N-ethyl adjacent to an activating group) is 1. The lowest BCUT2D eigenvalue weighted by Crippen LogP contribution is -2.60. The molecule has 1 aliphatic rings. The van der Waals surface area contributed by atoms with Gasteiger partial charge in [-0.3, -0.25) is 16.0 Å².